The molecule has 1 N–H and O–H groups in total. The van der Waals surface area contributed by atoms with Crippen molar-refractivity contribution in [3.05, 3.63) is 59.7 Å². The van der Waals surface area contributed by atoms with E-state index in [1.54, 1.807) is 6.20 Å². The van der Waals surface area contributed by atoms with Gasteiger partial charge in [-0.15, -0.1) is 0 Å². The zero-order valence-corrected chi connectivity index (χ0v) is 10.9. The number of hydrogen-bond donors (Lipinski definition) is 1. The van der Waals surface area contributed by atoms with Gasteiger partial charge in [0.2, 0.25) is 0 Å². The summed E-state index contributed by atoms with van der Waals surface area (Å²) in [7, 11) is 0. The monoisotopic (exact) mass is 241 g/mol. The molecule has 0 aliphatic carbocycles. The Balaban J connectivity index is 2.21. The molecule has 18 heavy (non-hydrogen) atoms. The van der Waals surface area contributed by atoms with Crippen molar-refractivity contribution in [1.82, 2.24) is 15.3 Å². The van der Waals surface area contributed by atoms with Crippen LogP contribution in [0.15, 0.2) is 42.9 Å². The molecule has 2 aromatic heterocycles. The Hall–Kier alpha value is -1.74. The lowest BCUT2D eigenvalue weighted by atomic mass is 9.99. The maximum Gasteiger partial charge on any atom is 0.0420 e. The van der Waals surface area contributed by atoms with Gasteiger partial charge in [-0.3, -0.25) is 9.97 Å². The van der Waals surface area contributed by atoms with Gasteiger partial charge in [-0.1, -0.05) is 19.1 Å². The molecule has 0 bridgehead atoms. The normalized spacial score (nSPS) is 12.3. The van der Waals surface area contributed by atoms with Crippen molar-refractivity contribution in [2.24, 2.45) is 0 Å². The van der Waals surface area contributed by atoms with Crippen molar-refractivity contribution in [3.63, 3.8) is 0 Å². The largest absolute Gasteiger partial charge is 0.310 e. The van der Waals surface area contributed by atoms with E-state index in [9.17, 15) is 0 Å². The van der Waals surface area contributed by atoms with E-state index in [2.05, 4.69) is 41.3 Å². The lowest BCUT2D eigenvalue weighted by Gasteiger charge is -2.19. The van der Waals surface area contributed by atoms with E-state index in [1.165, 1.54) is 11.1 Å². The van der Waals surface area contributed by atoms with Gasteiger partial charge in [-0.2, -0.15) is 0 Å². The Morgan fingerprint density at radius 2 is 2.06 bits per heavy atom. The van der Waals surface area contributed by atoms with Crippen molar-refractivity contribution < 1.29 is 0 Å². The molecule has 3 heteroatoms. The molecule has 0 fully saturated rings. The number of likely N-dealkylation sites (N-methyl/N-ethyl adjacent to an activating group) is 1. The molecule has 2 heterocycles. The van der Waals surface area contributed by atoms with E-state index in [0.717, 1.165) is 18.7 Å². The van der Waals surface area contributed by atoms with Crippen molar-refractivity contribution >= 4 is 0 Å². The Bertz CT molecular complexity index is 482. The second-order valence-electron chi connectivity index (χ2n) is 4.35. The van der Waals surface area contributed by atoms with Crippen LogP contribution in [0.1, 0.15) is 29.8 Å². The number of pyridine rings is 2. The highest BCUT2D eigenvalue weighted by Gasteiger charge is 2.13. The first kappa shape index (κ1) is 12.7. The molecule has 0 saturated carbocycles. The van der Waals surface area contributed by atoms with E-state index < -0.39 is 0 Å². The van der Waals surface area contributed by atoms with E-state index in [0.29, 0.717) is 6.04 Å². The molecule has 0 aromatic carbocycles. The minimum atomic E-state index is 0.299. The maximum atomic E-state index is 4.37. The lowest BCUT2D eigenvalue weighted by Crippen LogP contribution is -2.24. The summed E-state index contributed by atoms with van der Waals surface area (Å²) in [4.78, 5) is 8.54. The van der Waals surface area contributed by atoms with Crippen molar-refractivity contribution in [2.75, 3.05) is 6.54 Å². The average molecular weight is 241 g/mol. The van der Waals surface area contributed by atoms with Crippen LogP contribution < -0.4 is 5.32 Å². The molecule has 1 unspecified atom stereocenters. The lowest BCUT2D eigenvalue weighted by molar-refractivity contribution is 0.544. The van der Waals surface area contributed by atoms with Crippen LogP contribution in [0.4, 0.5) is 0 Å². The number of nitrogens with zero attached hydrogens (tertiary/aromatic N) is 2. The summed E-state index contributed by atoms with van der Waals surface area (Å²) in [6, 6.07) is 8.53. The third-order valence-corrected chi connectivity index (χ3v) is 3.04. The van der Waals surface area contributed by atoms with Crippen LogP contribution >= 0.6 is 0 Å². The van der Waals surface area contributed by atoms with Gasteiger partial charge in [-0.25, -0.2) is 0 Å². The number of hydrogen-bond acceptors (Lipinski definition) is 3. The Morgan fingerprint density at radius 3 is 2.72 bits per heavy atom. The van der Waals surface area contributed by atoms with Crippen LogP contribution in [-0.4, -0.2) is 16.5 Å². The first-order chi connectivity index (χ1) is 8.81. The second kappa shape index (κ2) is 6.26. The second-order valence-corrected chi connectivity index (χ2v) is 4.35. The standard InChI is InChI=1S/C15H19N3/c1-3-17-15(10-13-6-4-8-16-11-13)14-7-5-9-18-12(14)2/h4-9,11,15,17H,3,10H2,1-2H3. The van der Waals surface area contributed by atoms with Crippen LogP contribution in [0.2, 0.25) is 0 Å². The minimum Gasteiger partial charge on any atom is -0.310 e. The fraction of sp³-hybridized carbons (Fsp3) is 0.333. The Morgan fingerprint density at radius 1 is 1.22 bits per heavy atom. The van der Waals surface area contributed by atoms with E-state index in [4.69, 9.17) is 0 Å². The van der Waals surface area contributed by atoms with Crippen molar-refractivity contribution in [1.29, 1.82) is 0 Å². The molecular formula is C15H19N3. The summed E-state index contributed by atoms with van der Waals surface area (Å²) in [5, 5.41) is 3.52. The predicted molar refractivity (Wildman–Crippen MR) is 73.3 cm³/mol. The molecule has 0 aliphatic rings. The van der Waals surface area contributed by atoms with Gasteiger partial charge in [0.05, 0.1) is 0 Å². The highest BCUT2D eigenvalue weighted by molar-refractivity contribution is 5.25. The molecule has 0 saturated heterocycles. The summed E-state index contributed by atoms with van der Waals surface area (Å²) in [5.41, 5.74) is 3.60. The average Bonchev–Trinajstić information content (AvgIpc) is 2.40. The minimum absolute atomic E-state index is 0.299. The molecule has 0 amide bonds. The van der Waals surface area contributed by atoms with Crippen LogP contribution in [-0.2, 0) is 6.42 Å². The molecule has 94 valence electrons. The van der Waals surface area contributed by atoms with Crippen molar-refractivity contribution in [2.45, 2.75) is 26.3 Å². The summed E-state index contributed by atoms with van der Waals surface area (Å²) in [6.07, 6.45) is 6.51. The summed E-state index contributed by atoms with van der Waals surface area (Å²) in [6.45, 7) is 5.13. The first-order valence-corrected chi connectivity index (χ1v) is 6.35. The molecule has 0 aliphatic heterocycles. The zero-order chi connectivity index (χ0) is 12.8. The third kappa shape index (κ3) is 3.14. The molecule has 0 spiro atoms. The zero-order valence-electron chi connectivity index (χ0n) is 10.9. The van der Waals surface area contributed by atoms with Gasteiger partial charge in [0, 0.05) is 30.3 Å². The molecule has 0 radical (unpaired) electrons. The third-order valence-electron chi connectivity index (χ3n) is 3.04. The van der Waals surface area contributed by atoms with E-state index in [1.807, 2.05) is 24.5 Å². The van der Waals surface area contributed by atoms with Crippen molar-refractivity contribution in [3.8, 4) is 0 Å². The smallest absolute Gasteiger partial charge is 0.0420 e. The fourth-order valence-corrected chi connectivity index (χ4v) is 2.16. The van der Waals surface area contributed by atoms with Gasteiger partial charge >= 0.3 is 0 Å². The molecule has 3 nitrogen and oxygen atoms in total. The molecule has 2 rings (SSSR count). The van der Waals surface area contributed by atoms with Crippen LogP contribution in [0.25, 0.3) is 0 Å². The van der Waals surface area contributed by atoms with Gasteiger partial charge in [0.1, 0.15) is 0 Å². The van der Waals surface area contributed by atoms with E-state index in [-0.39, 0.29) is 0 Å². The Kier molecular flexibility index (Phi) is 4.42. The van der Waals surface area contributed by atoms with Gasteiger partial charge in [-0.05, 0) is 43.1 Å². The SMILES string of the molecule is CCNC(Cc1cccnc1)c1cccnc1C. The topological polar surface area (TPSA) is 37.8 Å². The summed E-state index contributed by atoms with van der Waals surface area (Å²) in [5.74, 6) is 0. The highest BCUT2D eigenvalue weighted by atomic mass is 14.9. The van der Waals surface area contributed by atoms with E-state index >= 15 is 0 Å². The Labute approximate surface area is 108 Å². The predicted octanol–water partition coefficient (Wildman–Crippen LogP) is 2.68. The van der Waals surface area contributed by atoms with Gasteiger partial charge < -0.3 is 5.32 Å². The van der Waals surface area contributed by atoms with Crippen LogP contribution in [0, 0.1) is 6.92 Å². The van der Waals surface area contributed by atoms with Gasteiger partial charge in [0.25, 0.3) is 0 Å². The van der Waals surface area contributed by atoms with Crippen LogP contribution in [0.3, 0.4) is 0 Å². The van der Waals surface area contributed by atoms with Crippen LogP contribution in [0.5, 0.6) is 0 Å². The van der Waals surface area contributed by atoms with Gasteiger partial charge in [0.15, 0.2) is 0 Å². The highest BCUT2D eigenvalue weighted by Crippen LogP contribution is 2.19. The first-order valence-electron chi connectivity index (χ1n) is 6.35. The molecular weight excluding hydrogens is 222 g/mol. The molecule has 1 atom stereocenters. The fourth-order valence-electron chi connectivity index (χ4n) is 2.16. The summed E-state index contributed by atoms with van der Waals surface area (Å²) >= 11 is 0. The molecule has 2 aromatic rings. The quantitative estimate of drug-likeness (QED) is 0.874. The number of aryl methyl sites for hydroxylation is 1. The number of rotatable bonds is 5. The maximum absolute atomic E-state index is 4.37. The number of nitrogens with one attached hydrogen (secondary N) is 1. The summed E-state index contributed by atoms with van der Waals surface area (Å²) < 4.78 is 0. The number of aromatic nitrogens is 2.